The van der Waals surface area contributed by atoms with Gasteiger partial charge in [0.1, 0.15) is 11.8 Å². The van der Waals surface area contributed by atoms with E-state index in [0.29, 0.717) is 12.2 Å². The first kappa shape index (κ1) is 20.3. The van der Waals surface area contributed by atoms with Gasteiger partial charge in [-0.1, -0.05) is 41.4 Å². The minimum absolute atomic E-state index is 0.0617. The molecule has 1 heterocycles. The second-order valence-corrected chi connectivity index (χ2v) is 6.18. The lowest BCUT2D eigenvalue weighted by Gasteiger charge is -2.08. The van der Waals surface area contributed by atoms with E-state index < -0.39 is 18.7 Å². The molecule has 1 amide bonds. The summed E-state index contributed by atoms with van der Waals surface area (Å²) >= 11 is 6.27. The molecular formula is C17H19ClF3N3O2. The van der Waals surface area contributed by atoms with Crippen LogP contribution in [0.5, 0.6) is 0 Å². The number of hydrogen-bond acceptors (Lipinski definition) is 3. The average Bonchev–Trinajstić information content (AvgIpc) is 2.82. The van der Waals surface area contributed by atoms with E-state index >= 15 is 0 Å². The molecule has 1 aromatic heterocycles. The maximum Gasteiger partial charge on any atom is 0.411 e. The van der Waals surface area contributed by atoms with Crippen molar-refractivity contribution in [2.75, 3.05) is 19.8 Å². The van der Waals surface area contributed by atoms with Crippen LogP contribution in [0.1, 0.15) is 27.2 Å². The Hall–Kier alpha value is -2.06. The van der Waals surface area contributed by atoms with Crippen molar-refractivity contribution < 1.29 is 22.7 Å². The van der Waals surface area contributed by atoms with Crippen molar-refractivity contribution in [3.05, 3.63) is 51.8 Å². The van der Waals surface area contributed by atoms with E-state index in [9.17, 15) is 18.0 Å². The first-order valence-electron chi connectivity index (χ1n) is 7.88. The fraction of sp³-hybridized carbons (Fsp3) is 0.412. The number of alkyl halides is 3. The molecule has 2 rings (SSSR count). The molecule has 0 spiro atoms. The number of aromatic nitrogens is 2. The molecule has 0 aliphatic heterocycles. The average molecular weight is 390 g/mol. The summed E-state index contributed by atoms with van der Waals surface area (Å²) in [6, 6.07) is 7.82. The number of rotatable bonds is 7. The van der Waals surface area contributed by atoms with Crippen LogP contribution in [0, 0.1) is 13.8 Å². The SMILES string of the molecule is Cc1ccc(Cn2nc(C)c(C(=O)NCCOCC(F)(F)F)c2Cl)cc1. The number of aryl methyl sites for hydroxylation is 2. The minimum atomic E-state index is -4.39. The Balaban J connectivity index is 1.95. The molecule has 0 unspecified atom stereocenters. The second-order valence-electron chi connectivity index (χ2n) is 5.82. The summed E-state index contributed by atoms with van der Waals surface area (Å²) in [6.45, 7) is 2.37. The minimum Gasteiger partial charge on any atom is -0.370 e. The van der Waals surface area contributed by atoms with Crippen LogP contribution in [0.2, 0.25) is 5.15 Å². The van der Waals surface area contributed by atoms with Crippen molar-refractivity contribution in [1.29, 1.82) is 0 Å². The largest absolute Gasteiger partial charge is 0.411 e. The number of nitrogens with zero attached hydrogens (tertiary/aromatic N) is 2. The fourth-order valence-electron chi connectivity index (χ4n) is 2.30. The Morgan fingerprint density at radius 1 is 1.27 bits per heavy atom. The molecule has 5 nitrogen and oxygen atoms in total. The molecule has 0 fully saturated rings. The number of carbonyl (C=O) groups excluding carboxylic acids is 1. The molecule has 0 radical (unpaired) electrons. The van der Waals surface area contributed by atoms with E-state index in [4.69, 9.17) is 11.6 Å². The second kappa shape index (κ2) is 8.55. The van der Waals surface area contributed by atoms with Crippen molar-refractivity contribution in [2.24, 2.45) is 0 Å². The van der Waals surface area contributed by atoms with Crippen LogP contribution < -0.4 is 5.32 Å². The lowest BCUT2D eigenvalue weighted by atomic mass is 10.1. The first-order valence-corrected chi connectivity index (χ1v) is 8.26. The summed E-state index contributed by atoms with van der Waals surface area (Å²) in [6.07, 6.45) is -4.39. The number of ether oxygens (including phenoxy) is 1. The molecule has 9 heteroatoms. The number of amides is 1. The number of hydrogen-bond donors (Lipinski definition) is 1. The summed E-state index contributed by atoms with van der Waals surface area (Å²) < 4.78 is 41.9. The molecule has 26 heavy (non-hydrogen) atoms. The van der Waals surface area contributed by atoms with Crippen molar-refractivity contribution in [1.82, 2.24) is 15.1 Å². The molecule has 0 atom stereocenters. The number of nitrogens with one attached hydrogen (secondary N) is 1. The molecule has 0 aliphatic carbocycles. The fourth-order valence-corrected chi connectivity index (χ4v) is 2.62. The zero-order valence-corrected chi connectivity index (χ0v) is 15.1. The third-order valence-corrected chi connectivity index (χ3v) is 3.93. The highest BCUT2D eigenvalue weighted by atomic mass is 35.5. The molecule has 2 aromatic rings. The van der Waals surface area contributed by atoms with Gasteiger partial charge in [-0.3, -0.25) is 4.79 Å². The van der Waals surface area contributed by atoms with Gasteiger partial charge in [-0.2, -0.15) is 18.3 Å². The maximum atomic E-state index is 12.2. The molecule has 0 saturated carbocycles. The van der Waals surface area contributed by atoms with E-state index in [1.807, 2.05) is 31.2 Å². The van der Waals surface area contributed by atoms with E-state index in [-0.39, 0.29) is 23.9 Å². The summed E-state index contributed by atoms with van der Waals surface area (Å²) in [4.78, 5) is 12.2. The van der Waals surface area contributed by atoms with Crippen LogP contribution >= 0.6 is 11.6 Å². The summed E-state index contributed by atoms with van der Waals surface area (Å²) in [5.41, 5.74) is 2.75. The number of halogens is 4. The van der Waals surface area contributed by atoms with Gasteiger partial charge in [0.05, 0.1) is 24.4 Å². The quantitative estimate of drug-likeness (QED) is 0.737. The van der Waals surface area contributed by atoms with Crippen molar-refractivity contribution >= 4 is 17.5 Å². The van der Waals surface area contributed by atoms with Crippen LogP contribution in [0.4, 0.5) is 13.2 Å². The Bertz CT molecular complexity index is 758. The van der Waals surface area contributed by atoms with Gasteiger partial charge >= 0.3 is 6.18 Å². The van der Waals surface area contributed by atoms with Crippen LogP contribution in [0.15, 0.2) is 24.3 Å². The van der Waals surface area contributed by atoms with Gasteiger partial charge in [0, 0.05) is 6.54 Å². The molecule has 142 valence electrons. The highest BCUT2D eigenvalue weighted by Gasteiger charge is 2.27. The van der Waals surface area contributed by atoms with Gasteiger partial charge in [-0.05, 0) is 19.4 Å². The first-order chi connectivity index (χ1) is 12.2. The third kappa shape index (κ3) is 5.74. The molecule has 0 saturated heterocycles. The summed E-state index contributed by atoms with van der Waals surface area (Å²) in [7, 11) is 0. The summed E-state index contributed by atoms with van der Waals surface area (Å²) in [5, 5.41) is 6.93. The van der Waals surface area contributed by atoms with Gasteiger partial charge in [0.2, 0.25) is 0 Å². The molecule has 1 aromatic carbocycles. The highest BCUT2D eigenvalue weighted by molar-refractivity contribution is 6.33. The lowest BCUT2D eigenvalue weighted by Crippen LogP contribution is -2.29. The van der Waals surface area contributed by atoms with E-state index in [0.717, 1.165) is 11.1 Å². The zero-order chi connectivity index (χ0) is 19.3. The standard InChI is InChI=1S/C17H19ClF3N3O2/c1-11-3-5-13(6-4-11)9-24-15(18)14(12(2)23-24)16(25)22-7-8-26-10-17(19,20)21/h3-6H,7-10H2,1-2H3,(H,22,25). The topological polar surface area (TPSA) is 56.2 Å². The van der Waals surface area contributed by atoms with E-state index in [1.54, 1.807) is 6.92 Å². The van der Waals surface area contributed by atoms with Gasteiger partial charge in [0.25, 0.3) is 5.91 Å². The lowest BCUT2D eigenvalue weighted by molar-refractivity contribution is -0.173. The third-order valence-electron chi connectivity index (χ3n) is 3.54. The zero-order valence-electron chi connectivity index (χ0n) is 14.4. The smallest absolute Gasteiger partial charge is 0.370 e. The molecule has 0 aliphatic rings. The van der Waals surface area contributed by atoms with Crippen LogP contribution in [0.3, 0.4) is 0 Å². The normalized spacial score (nSPS) is 11.6. The summed E-state index contributed by atoms with van der Waals surface area (Å²) in [5.74, 6) is -0.502. The van der Waals surface area contributed by atoms with Gasteiger partial charge < -0.3 is 10.1 Å². The van der Waals surface area contributed by atoms with Crippen molar-refractivity contribution in [2.45, 2.75) is 26.6 Å². The predicted molar refractivity (Wildman–Crippen MR) is 91.5 cm³/mol. The van der Waals surface area contributed by atoms with Crippen LogP contribution in [-0.4, -0.2) is 41.6 Å². The molecule has 1 N–H and O–H groups in total. The predicted octanol–water partition coefficient (Wildman–Crippen LogP) is 3.51. The maximum absolute atomic E-state index is 12.2. The Morgan fingerprint density at radius 3 is 2.54 bits per heavy atom. The van der Waals surface area contributed by atoms with Gasteiger partial charge in [-0.15, -0.1) is 0 Å². The molecule has 0 bridgehead atoms. The van der Waals surface area contributed by atoms with Gasteiger partial charge in [0.15, 0.2) is 0 Å². The van der Waals surface area contributed by atoms with E-state index in [2.05, 4.69) is 15.2 Å². The molecular weight excluding hydrogens is 371 g/mol. The Labute approximate surface area is 154 Å². The van der Waals surface area contributed by atoms with Crippen LogP contribution in [-0.2, 0) is 11.3 Å². The van der Waals surface area contributed by atoms with Crippen LogP contribution in [0.25, 0.3) is 0 Å². The van der Waals surface area contributed by atoms with E-state index in [1.165, 1.54) is 4.68 Å². The number of benzene rings is 1. The van der Waals surface area contributed by atoms with Crippen molar-refractivity contribution in [3.63, 3.8) is 0 Å². The Morgan fingerprint density at radius 2 is 1.92 bits per heavy atom. The van der Waals surface area contributed by atoms with Crippen molar-refractivity contribution in [3.8, 4) is 0 Å². The number of carbonyl (C=O) groups is 1. The highest BCUT2D eigenvalue weighted by Crippen LogP contribution is 2.21. The van der Waals surface area contributed by atoms with Gasteiger partial charge in [-0.25, -0.2) is 4.68 Å². The monoisotopic (exact) mass is 389 g/mol. The Kier molecular flexibility index (Phi) is 6.66.